The second-order valence-electron chi connectivity index (χ2n) is 7.21. The van der Waals surface area contributed by atoms with Crippen molar-refractivity contribution in [3.05, 3.63) is 52.4 Å². The first kappa shape index (κ1) is 23.4. The van der Waals surface area contributed by atoms with Crippen LogP contribution in [0.4, 0.5) is 5.00 Å². The van der Waals surface area contributed by atoms with E-state index in [0.29, 0.717) is 22.0 Å². The standard InChI is InChI=1S/C22H29N3O2S.ClH/c1-3-16-5-7-18(8-6-16)20(26)24-21-19(11-14-28-21)22(27)25-12-9-17(10-13-25)15-23-4-2;/h5-8,11,14,17,23H,3-4,9-10,12-13,15H2,1-2H3,(H,24,26);1H. The van der Waals surface area contributed by atoms with Crippen LogP contribution in [0.1, 0.15) is 53.0 Å². The lowest BCUT2D eigenvalue weighted by Crippen LogP contribution is -2.40. The maximum atomic E-state index is 13.0. The number of halogens is 1. The highest BCUT2D eigenvalue weighted by molar-refractivity contribution is 7.14. The Balaban J connectivity index is 0.00000300. The zero-order valence-electron chi connectivity index (χ0n) is 17.1. The molecule has 0 bridgehead atoms. The number of carbonyl (C=O) groups excluding carboxylic acids is 2. The lowest BCUT2D eigenvalue weighted by Gasteiger charge is -2.32. The predicted octanol–water partition coefficient (Wildman–Crippen LogP) is 4.45. The third-order valence-corrected chi connectivity index (χ3v) is 6.16. The van der Waals surface area contributed by atoms with E-state index in [2.05, 4.69) is 24.5 Å². The van der Waals surface area contributed by atoms with E-state index in [1.165, 1.54) is 16.9 Å². The summed E-state index contributed by atoms with van der Waals surface area (Å²) in [7, 11) is 0. The smallest absolute Gasteiger partial charge is 0.256 e. The predicted molar refractivity (Wildman–Crippen MR) is 123 cm³/mol. The molecule has 158 valence electrons. The molecular weight excluding hydrogens is 406 g/mol. The minimum absolute atomic E-state index is 0. The summed E-state index contributed by atoms with van der Waals surface area (Å²) in [5.74, 6) is 0.472. The number of benzene rings is 1. The van der Waals surface area contributed by atoms with Gasteiger partial charge in [0.25, 0.3) is 11.8 Å². The minimum atomic E-state index is -0.177. The molecule has 2 amide bonds. The Morgan fingerprint density at radius 1 is 1.10 bits per heavy atom. The summed E-state index contributed by atoms with van der Waals surface area (Å²) in [5, 5.41) is 8.81. The highest BCUT2D eigenvalue weighted by Gasteiger charge is 2.26. The molecule has 1 fully saturated rings. The van der Waals surface area contributed by atoms with Crippen molar-refractivity contribution in [1.82, 2.24) is 10.2 Å². The lowest BCUT2D eigenvalue weighted by atomic mass is 9.96. The largest absolute Gasteiger partial charge is 0.339 e. The van der Waals surface area contributed by atoms with E-state index in [9.17, 15) is 9.59 Å². The number of piperidine rings is 1. The van der Waals surface area contributed by atoms with Crippen LogP contribution in [0, 0.1) is 5.92 Å². The Bertz CT molecular complexity index is 799. The van der Waals surface area contributed by atoms with Gasteiger partial charge in [0.1, 0.15) is 5.00 Å². The number of nitrogens with one attached hydrogen (secondary N) is 2. The SMILES string of the molecule is CCNCC1CCN(C(=O)c2ccsc2NC(=O)c2ccc(CC)cc2)CC1.Cl. The molecule has 0 aliphatic carbocycles. The monoisotopic (exact) mass is 435 g/mol. The van der Waals surface area contributed by atoms with Gasteiger partial charge in [0, 0.05) is 18.7 Å². The van der Waals surface area contributed by atoms with E-state index in [1.807, 2.05) is 40.6 Å². The number of hydrogen-bond acceptors (Lipinski definition) is 4. The average molecular weight is 436 g/mol. The highest BCUT2D eigenvalue weighted by atomic mass is 35.5. The van der Waals surface area contributed by atoms with E-state index >= 15 is 0 Å². The maximum Gasteiger partial charge on any atom is 0.256 e. The normalized spacial score (nSPS) is 14.3. The van der Waals surface area contributed by atoms with Crippen molar-refractivity contribution in [1.29, 1.82) is 0 Å². The van der Waals surface area contributed by atoms with Crippen molar-refractivity contribution in [3.8, 4) is 0 Å². The molecule has 1 saturated heterocycles. The van der Waals surface area contributed by atoms with Crippen molar-refractivity contribution >= 4 is 40.6 Å². The van der Waals surface area contributed by atoms with Gasteiger partial charge in [0.2, 0.25) is 0 Å². The number of anilines is 1. The third kappa shape index (κ3) is 6.04. The molecule has 7 heteroatoms. The Morgan fingerprint density at radius 2 is 1.79 bits per heavy atom. The molecule has 0 radical (unpaired) electrons. The van der Waals surface area contributed by atoms with Gasteiger partial charge in [0.05, 0.1) is 5.56 Å². The van der Waals surface area contributed by atoms with Gasteiger partial charge in [-0.05, 0) is 67.4 Å². The van der Waals surface area contributed by atoms with Gasteiger partial charge in [-0.1, -0.05) is 26.0 Å². The minimum Gasteiger partial charge on any atom is -0.339 e. The van der Waals surface area contributed by atoms with Crippen molar-refractivity contribution in [2.45, 2.75) is 33.1 Å². The highest BCUT2D eigenvalue weighted by Crippen LogP contribution is 2.27. The summed E-state index contributed by atoms with van der Waals surface area (Å²) in [5.41, 5.74) is 2.39. The van der Waals surface area contributed by atoms with Crippen LogP contribution in [-0.2, 0) is 6.42 Å². The summed E-state index contributed by atoms with van der Waals surface area (Å²) in [6.07, 6.45) is 2.99. The van der Waals surface area contributed by atoms with Crippen molar-refractivity contribution < 1.29 is 9.59 Å². The van der Waals surface area contributed by atoms with Crippen LogP contribution < -0.4 is 10.6 Å². The Labute approximate surface area is 183 Å². The van der Waals surface area contributed by atoms with Crippen LogP contribution in [0.5, 0.6) is 0 Å². The number of likely N-dealkylation sites (tertiary alicyclic amines) is 1. The quantitative estimate of drug-likeness (QED) is 0.675. The first-order valence-electron chi connectivity index (χ1n) is 10.1. The van der Waals surface area contributed by atoms with Gasteiger partial charge in [-0.15, -0.1) is 23.7 Å². The van der Waals surface area contributed by atoms with Gasteiger partial charge < -0.3 is 15.5 Å². The van der Waals surface area contributed by atoms with Crippen LogP contribution in [0.3, 0.4) is 0 Å². The molecule has 1 aromatic heterocycles. The average Bonchev–Trinajstić information content (AvgIpc) is 3.20. The van der Waals surface area contributed by atoms with Crippen LogP contribution in [0.15, 0.2) is 35.7 Å². The molecule has 0 atom stereocenters. The van der Waals surface area contributed by atoms with Crippen molar-refractivity contribution in [2.75, 3.05) is 31.5 Å². The number of amides is 2. The molecule has 29 heavy (non-hydrogen) atoms. The van der Waals surface area contributed by atoms with Crippen LogP contribution in [0.25, 0.3) is 0 Å². The van der Waals surface area contributed by atoms with Gasteiger partial charge >= 0.3 is 0 Å². The molecule has 2 N–H and O–H groups in total. The van der Waals surface area contributed by atoms with Gasteiger partial charge in [-0.2, -0.15) is 0 Å². The summed E-state index contributed by atoms with van der Waals surface area (Å²) in [4.78, 5) is 27.5. The molecule has 0 spiro atoms. The molecule has 3 rings (SSSR count). The molecule has 2 heterocycles. The van der Waals surface area contributed by atoms with E-state index in [-0.39, 0.29) is 24.2 Å². The lowest BCUT2D eigenvalue weighted by molar-refractivity contribution is 0.0692. The fraction of sp³-hybridized carbons (Fsp3) is 0.455. The number of thiophene rings is 1. The topological polar surface area (TPSA) is 61.4 Å². The number of rotatable bonds is 7. The number of carbonyl (C=O) groups is 2. The van der Waals surface area contributed by atoms with Crippen molar-refractivity contribution in [2.24, 2.45) is 5.92 Å². The Morgan fingerprint density at radius 3 is 2.41 bits per heavy atom. The van der Waals surface area contributed by atoms with E-state index in [4.69, 9.17) is 0 Å². The van der Waals surface area contributed by atoms with Crippen LogP contribution >= 0.6 is 23.7 Å². The molecule has 1 aliphatic heterocycles. The first-order chi connectivity index (χ1) is 13.6. The first-order valence-corrected chi connectivity index (χ1v) is 11.0. The van der Waals surface area contributed by atoms with Gasteiger partial charge in [-0.3, -0.25) is 9.59 Å². The molecular formula is C22H30ClN3O2S. The zero-order chi connectivity index (χ0) is 19.9. The van der Waals surface area contributed by atoms with Crippen LogP contribution in [-0.4, -0.2) is 42.9 Å². The number of hydrogen-bond donors (Lipinski definition) is 2. The second kappa shape index (κ2) is 11.3. The zero-order valence-corrected chi connectivity index (χ0v) is 18.7. The summed E-state index contributed by atoms with van der Waals surface area (Å²) in [6, 6.07) is 9.41. The molecule has 0 unspecified atom stereocenters. The molecule has 1 aliphatic rings. The fourth-order valence-electron chi connectivity index (χ4n) is 3.50. The second-order valence-corrected chi connectivity index (χ2v) is 8.13. The molecule has 0 saturated carbocycles. The van der Waals surface area contributed by atoms with Gasteiger partial charge in [-0.25, -0.2) is 0 Å². The van der Waals surface area contributed by atoms with Crippen molar-refractivity contribution in [3.63, 3.8) is 0 Å². The summed E-state index contributed by atoms with van der Waals surface area (Å²) in [6.45, 7) is 7.76. The van der Waals surface area contributed by atoms with E-state index in [0.717, 1.165) is 45.4 Å². The fourth-order valence-corrected chi connectivity index (χ4v) is 4.27. The molecule has 1 aromatic carbocycles. The molecule has 2 aromatic rings. The third-order valence-electron chi connectivity index (χ3n) is 5.33. The Kier molecular flexibility index (Phi) is 9.14. The summed E-state index contributed by atoms with van der Waals surface area (Å²) < 4.78 is 0. The maximum absolute atomic E-state index is 13.0. The number of nitrogens with zero attached hydrogens (tertiary/aromatic N) is 1. The Hall–Kier alpha value is -1.89. The van der Waals surface area contributed by atoms with E-state index in [1.54, 1.807) is 0 Å². The van der Waals surface area contributed by atoms with Crippen LogP contribution in [0.2, 0.25) is 0 Å². The molecule has 5 nitrogen and oxygen atoms in total. The summed E-state index contributed by atoms with van der Waals surface area (Å²) >= 11 is 1.39. The van der Waals surface area contributed by atoms with Gasteiger partial charge in [0.15, 0.2) is 0 Å². The van der Waals surface area contributed by atoms with E-state index < -0.39 is 0 Å². The number of aryl methyl sites for hydroxylation is 1.